The van der Waals surface area contributed by atoms with Gasteiger partial charge in [0.25, 0.3) is 0 Å². The van der Waals surface area contributed by atoms with Crippen molar-refractivity contribution in [1.82, 2.24) is 26.2 Å². The van der Waals surface area contributed by atoms with E-state index < -0.39 is 71.7 Å². The topological polar surface area (TPSA) is 194 Å². The molecule has 13 nitrogen and oxygen atoms in total. The number of carboxylic acid groups (broad SMARTS) is 2. The predicted molar refractivity (Wildman–Crippen MR) is 152 cm³/mol. The van der Waals surface area contributed by atoms with Crippen molar-refractivity contribution in [2.24, 2.45) is 11.3 Å². The van der Waals surface area contributed by atoms with Crippen LogP contribution < -0.4 is 21.3 Å². The van der Waals surface area contributed by atoms with Crippen LogP contribution in [0.15, 0.2) is 0 Å². The predicted octanol–water partition coefficient (Wildman–Crippen LogP) is 1.85. The lowest BCUT2D eigenvalue weighted by atomic mass is 9.85. The van der Waals surface area contributed by atoms with Gasteiger partial charge in [0.1, 0.15) is 24.2 Å². The smallest absolute Gasteiger partial charge is 0.326 e. The summed E-state index contributed by atoms with van der Waals surface area (Å²) in [6.45, 7) is 13.1. The van der Waals surface area contributed by atoms with Crippen LogP contribution >= 0.6 is 0 Å². The maximum Gasteiger partial charge on any atom is 0.326 e. The molecule has 0 saturated carbocycles. The summed E-state index contributed by atoms with van der Waals surface area (Å²) < 4.78 is 0. The number of piperidine rings is 1. The van der Waals surface area contributed by atoms with E-state index in [9.17, 15) is 39.0 Å². The van der Waals surface area contributed by atoms with Crippen molar-refractivity contribution < 1.29 is 39.0 Å². The fraction of sp³-hybridized carbons (Fsp3) is 0.786. The first-order chi connectivity index (χ1) is 19.0. The molecular weight excluding hydrogens is 534 g/mol. The van der Waals surface area contributed by atoms with Gasteiger partial charge in [-0.3, -0.25) is 19.2 Å². The second-order valence-corrected chi connectivity index (χ2v) is 12.2. The Kier molecular flexibility index (Phi) is 14.1. The Morgan fingerprint density at radius 3 is 1.98 bits per heavy atom. The van der Waals surface area contributed by atoms with Crippen molar-refractivity contribution in [3.05, 3.63) is 0 Å². The Morgan fingerprint density at radius 1 is 0.878 bits per heavy atom. The van der Waals surface area contributed by atoms with Crippen LogP contribution in [-0.2, 0) is 24.0 Å². The minimum Gasteiger partial charge on any atom is -0.481 e. The molecule has 41 heavy (non-hydrogen) atoms. The number of likely N-dealkylation sites (tertiary alicyclic amines) is 1. The molecule has 1 saturated heterocycles. The van der Waals surface area contributed by atoms with Gasteiger partial charge >= 0.3 is 18.0 Å². The van der Waals surface area contributed by atoms with Gasteiger partial charge in [0.05, 0.1) is 6.42 Å². The fourth-order valence-electron chi connectivity index (χ4n) is 4.75. The molecule has 1 rings (SSSR count). The number of hydrogen-bond donors (Lipinski definition) is 6. The van der Waals surface area contributed by atoms with Gasteiger partial charge in [-0.25, -0.2) is 9.59 Å². The zero-order valence-corrected chi connectivity index (χ0v) is 25.4. The molecule has 5 amide bonds. The van der Waals surface area contributed by atoms with E-state index in [-0.39, 0.29) is 31.3 Å². The molecule has 0 radical (unpaired) electrons. The summed E-state index contributed by atoms with van der Waals surface area (Å²) in [5.41, 5.74) is -0.700. The van der Waals surface area contributed by atoms with Gasteiger partial charge in [-0.2, -0.15) is 0 Å². The Bertz CT molecular complexity index is 944. The van der Waals surface area contributed by atoms with Gasteiger partial charge in [0.15, 0.2) is 0 Å². The van der Waals surface area contributed by atoms with Crippen LogP contribution in [0.2, 0.25) is 0 Å². The molecular formula is C28H49N5O8. The molecule has 0 aromatic heterocycles. The van der Waals surface area contributed by atoms with Gasteiger partial charge in [0, 0.05) is 12.6 Å². The monoisotopic (exact) mass is 583 g/mol. The van der Waals surface area contributed by atoms with E-state index in [1.54, 1.807) is 34.6 Å². The van der Waals surface area contributed by atoms with Crippen molar-refractivity contribution in [3.8, 4) is 0 Å². The molecule has 1 heterocycles. The summed E-state index contributed by atoms with van der Waals surface area (Å²) in [6.07, 6.45) is 2.32. The average Bonchev–Trinajstić information content (AvgIpc) is 2.87. The van der Waals surface area contributed by atoms with Gasteiger partial charge in [-0.05, 0) is 49.9 Å². The minimum atomic E-state index is -1.55. The zero-order chi connectivity index (χ0) is 31.5. The summed E-state index contributed by atoms with van der Waals surface area (Å²) in [7, 11) is 0. The van der Waals surface area contributed by atoms with Crippen LogP contribution in [-0.4, -0.2) is 87.6 Å². The first-order valence-electron chi connectivity index (χ1n) is 14.4. The number of carbonyl (C=O) groups is 6. The third-order valence-corrected chi connectivity index (χ3v) is 7.13. The standard InChI is InChI=1S/C28H49N5O8/c1-8-17(9-2)29-27(41)32-22(28(5,6)7)25(38)33-13-11-10-12-20(33)24(37)30-18(15-21(34)35)23(36)31-19(26(39)40)14-16(3)4/h16-20,22H,8-15H2,1-7H3,(H,30,37)(H,31,36)(H,34,35)(H,39,40)(H2,29,32,41)/t18-,19-,20?,22+/m0/s1. The van der Waals surface area contributed by atoms with Crippen LogP contribution in [0, 0.1) is 11.3 Å². The highest BCUT2D eigenvalue weighted by Crippen LogP contribution is 2.26. The van der Waals surface area contributed by atoms with Crippen molar-refractivity contribution in [3.63, 3.8) is 0 Å². The van der Waals surface area contributed by atoms with Gasteiger partial charge in [-0.15, -0.1) is 0 Å². The molecule has 0 spiro atoms. The van der Waals surface area contributed by atoms with Crippen molar-refractivity contribution in [1.29, 1.82) is 0 Å². The van der Waals surface area contributed by atoms with E-state index in [1.807, 2.05) is 13.8 Å². The highest BCUT2D eigenvalue weighted by atomic mass is 16.4. The Morgan fingerprint density at radius 2 is 1.49 bits per heavy atom. The third-order valence-electron chi connectivity index (χ3n) is 7.13. The van der Waals surface area contributed by atoms with Gasteiger partial charge in [-0.1, -0.05) is 48.5 Å². The average molecular weight is 584 g/mol. The molecule has 0 aromatic rings. The van der Waals surface area contributed by atoms with Crippen molar-refractivity contribution >= 4 is 35.7 Å². The number of nitrogens with one attached hydrogen (secondary N) is 4. The number of urea groups is 1. The largest absolute Gasteiger partial charge is 0.481 e. The summed E-state index contributed by atoms with van der Waals surface area (Å²) in [4.78, 5) is 77.4. The molecule has 1 fully saturated rings. The summed E-state index contributed by atoms with van der Waals surface area (Å²) in [5, 5.41) is 29.3. The van der Waals surface area contributed by atoms with Crippen LogP contribution in [0.4, 0.5) is 4.79 Å². The number of nitrogens with zero attached hydrogens (tertiary/aromatic N) is 1. The van der Waals surface area contributed by atoms with E-state index in [4.69, 9.17) is 0 Å². The molecule has 1 unspecified atom stereocenters. The Hall–Kier alpha value is -3.38. The second kappa shape index (κ2) is 16.2. The molecule has 4 atom stereocenters. The molecule has 0 aliphatic carbocycles. The van der Waals surface area contributed by atoms with E-state index in [0.29, 0.717) is 12.8 Å². The third kappa shape index (κ3) is 11.6. The SMILES string of the molecule is CCC(CC)NC(=O)N[C@H](C(=O)N1CCCCC1C(=O)N[C@@H](CC(=O)O)C(=O)N[C@@H](CC(C)C)C(=O)O)C(C)(C)C. The number of hydrogen-bond acceptors (Lipinski definition) is 6. The number of aliphatic carboxylic acids is 2. The molecule has 234 valence electrons. The minimum absolute atomic E-state index is 0.0576. The lowest BCUT2D eigenvalue weighted by Gasteiger charge is -2.40. The van der Waals surface area contributed by atoms with Crippen LogP contribution in [0.25, 0.3) is 0 Å². The molecule has 1 aliphatic rings. The summed E-state index contributed by atoms with van der Waals surface area (Å²) in [5.74, 6) is -4.81. The highest BCUT2D eigenvalue weighted by Gasteiger charge is 2.42. The highest BCUT2D eigenvalue weighted by molar-refractivity contribution is 5.96. The summed E-state index contributed by atoms with van der Waals surface area (Å²) >= 11 is 0. The van der Waals surface area contributed by atoms with E-state index in [2.05, 4.69) is 21.3 Å². The van der Waals surface area contributed by atoms with Crippen LogP contribution in [0.1, 0.15) is 93.4 Å². The lowest BCUT2D eigenvalue weighted by molar-refractivity contribution is -0.148. The number of amides is 5. The number of carbonyl (C=O) groups excluding carboxylic acids is 4. The molecule has 13 heteroatoms. The first-order valence-corrected chi connectivity index (χ1v) is 14.4. The van der Waals surface area contributed by atoms with E-state index in [1.165, 1.54) is 4.90 Å². The maximum atomic E-state index is 13.8. The first kappa shape index (κ1) is 35.6. The number of carboxylic acids is 2. The van der Waals surface area contributed by atoms with Crippen LogP contribution in [0.5, 0.6) is 0 Å². The van der Waals surface area contributed by atoms with E-state index >= 15 is 0 Å². The van der Waals surface area contributed by atoms with Crippen LogP contribution in [0.3, 0.4) is 0 Å². The van der Waals surface area contributed by atoms with Gasteiger partial charge in [0.2, 0.25) is 17.7 Å². The van der Waals surface area contributed by atoms with Crippen molar-refractivity contribution in [2.45, 2.75) is 124 Å². The second-order valence-electron chi connectivity index (χ2n) is 12.2. The normalized spacial score (nSPS) is 17.8. The lowest BCUT2D eigenvalue weighted by Crippen LogP contribution is -2.63. The molecule has 0 bridgehead atoms. The van der Waals surface area contributed by atoms with E-state index in [0.717, 1.165) is 12.8 Å². The molecule has 6 N–H and O–H groups in total. The zero-order valence-electron chi connectivity index (χ0n) is 25.4. The quantitative estimate of drug-likeness (QED) is 0.178. The summed E-state index contributed by atoms with van der Waals surface area (Å²) in [6, 6.07) is -5.31. The fourth-order valence-corrected chi connectivity index (χ4v) is 4.75. The van der Waals surface area contributed by atoms with Gasteiger partial charge < -0.3 is 36.4 Å². The molecule has 1 aliphatic heterocycles. The molecule has 0 aromatic carbocycles. The Labute approximate surface area is 242 Å². The Balaban J connectivity index is 3.17. The van der Waals surface area contributed by atoms with Crippen molar-refractivity contribution in [2.75, 3.05) is 6.54 Å². The maximum absolute atomic E-state index is 13.8. The number of rotatable bonds is 14.